The topological polar surface area (TPSA) is 107 Å². The number of anilines is 1. The van der Waals surface area contributed by atoms with Crippen molar-refractivity contribution < 1.29 is 22.6 Å². The summed E-state index contributed by atoms with van der Waals surface area (Å²) >= 11 is 0. The molecule has 0 saturated carbocycles. The number of hydrogen-bond donors (Lipinski definition) is 2. The predicted molar refractivity (Wildman–Crippen MR) is 88.5 cm³/mol. The van der Waals surface area contributed by atoms with Gasteiger partial charge in [0.05, 0.1) is 5.69 Å². The molecule has 1 unspecified atom stereocenters. The van der Waals surface area contributed by atoms with E-state index in [9.17, 15) is 18.0 Å². The summed E-state index contributed by atoms with van der Waals surface area (Å²) in [6.45, 7) is 5.05. The first-order valence-electron chi connectivity index (χ1n) is 7.35. The summed E-state index contributed by atoms with van der Waals surface area (Å²) in [5.74, 6) is -0.331. The Hall–Kier alpha value is -2.13. The van der Waals surface area contributed by atoms with Crippen LogP contribution in [0.15, 0.2) is 24.3 Å². The molecule has 0 spiro atoms. The third-order valence-electron chi connectivity index (χ3n) is 4.31. The maximum absolute atomic E-state index is 12.5. The standard InChI is InChI=1S/C15H21N3O5S/c1-10(19)18-13(14(20)17(4)15(18,2)3)9-11-5-7-12(8-6-11)16-24(21,22)23/h5-8,13,16H,9H2,1-4H3,(H,21,22,23). The van der Waals surface area contributed by atoms with Gasteiger partial charge in [-0.05, 0) is 31.5 Å². The van der Waals surface area contributed by atoms with E-state index < -0.39 is 22.0 Å². The molecule has 1 heterocycles. The van der Waals surface area contributed by atoms with Crippen LogP contribution in [-0.2, 0) is 26.3 Å². The molecular formula is C15H21N3O5S. The first-order valence-corrected chi connectivity index (χ1v) is 8.79. The molecule has 1 aliphatic heterocycles. The lowest BCUT2D eigenvalue weighted by Crippen LogP contribution is -2.51. The molecule has 1 fully saturated rings. The first kappa shape index (κ1) is 18.2. The quantitative estimate of drug-likeness (QED) is 0.779. The fraction of sp³-hybridized carbons (Fsp3) is 0.467. The number of carbonyl (C=O) groups excluding carboxylic acids is 2. The Morgan fingerprint density at radius 3 is 2.29 bits per heavy atom. The zero-order valence-corrected chi connectivity index (χ0v) is 14.8. The predicted octanol–water partition coefficient (Wildman–Crippen LogP) is 0.869. The number of hydrogen-bond acceptors (Lipinski definition) is 4. The number of benzene rings is 1. The van der Waals surface area contributed by atoms with Crippen LogP contribution >= 0.6 is 0 Å². The second kappa shape index (κ2) is 6.06. The van der Waals surface area contributed by atoms with E-state index in [1.165, 1.54) is 19.1 Å². The van der Waals surface area contributed by atoms with Crippen molar-refractivity contribution in [2.24, 2.45) is 0 Å². The van der Waals surface area contributed by atoms with Crippen LogP contribution in [-0.4, -0.2) is 53.3 Å². The van der Waals surface area contributed by atoms with Crippen LogP contribution < -0.4 is 4.72 Å². The lowest BCUT2D eigenvalue weighted by atomic mass is 10.0. The van der Waals surface area contributed by atoms with Crippen LogP contribution in [0, 0.1) is 0 Å². The van der Waals surface area contributed by atoms with Crippen LogP contribution in [0.4, 0.5) is 5.69 Å². The van der Waals surface area contributed by atoms with Crippen LogP contribution in [0.2, 0.25) is 0 Å². The summed E-state index contributed by atoms with van der Waals surface area (Å²) in [5, 5.41) is 0. The highest BCUT2D eigenvalue weighted by Crippen LogP contribution is 2.32. The second-order valence-electron chi connectivity index (χ2n) is 6.27. The Bertz CT molecular complexity index is 758. The summed E-state index contributed by atoms with van der Waals surface area (Å²) < 4.78 is 32.3. The molecule has 1 aliphatic rings. The van der Waals surface area contributed by atoms with E-state index in [0.717, 1.165) is 5.56 Å². The normalized spacial score (nSPS) is 20.4. The van der Waals surface area contributed by atoms with Gasteiger partial charge < -0.3 is 9.80 Å². The van der Waals surface area contributed by atoms with Gasteiger partial charge in [-0.1, -0.05) is 12.1 Å². The van der Waals surface area contributed by atoms with Crippen LogP contribution in [0.3, 0.4) is 0 Å². The summed E-state index contributed by atoms with van der Waals surface area (Å²) in [4.78, 5) is 27.6. The Morgan fingerprint density at radius 2 is 1.83 bits per heavy atom. The molecule has 1 atom stereocenters. The molecule has 0 aliphatic carbocycles. The minimum Gasteiger partial charge on any atom is -0.321 e. The summed E-state index contributed by atoms with van der Waals surface area (Å²) in [6.07, 6.45) is 0.318. The SMILES string of the molecule is CC(=O)N1C(Cc2ccc(NS(=O)(=O)O)cc2)C(=O)N(C)C1(C)C. The number of amides is 2. The molecule has 24 heavy (non-hydrogen) atoms. The lowest BCUT2D eigenvalue weighted by Gasteiger charge is -2.36. The van der Waals surface area contributed by atoms with E-state index in [1.54, 1.807) is 29.0 Å². The molecule has 0 bridgehead atoms. The fourth-order valence-corrected chi connectivity index (χ4v) is 3.44. The molecule has 0 radical (unpaired) electrons. The van der Waals surface area contributed by atoms with Gasteiger partial charge in [0.2, 0.25) is 11.8 Å². The molecule has 1 aromatic carbocycles. The monoisotopic (exact) mass is 355 g/mol. The van der Waals surface area contributed by atoms with E-state index in [4.69, 9.17) is 4.55 Å². The largest absolute Gasteiger partial charge is 0.357 e. The maximum Gasteiger partial charge on any atom is 0.357 e. The highest BCUT2D eigenvalue weighted by Gasteiger charge is 2.50. The number of rotatable bonds is 4. The average Bonchev–Trinajstić information content (AvgIpc) is 2.60. The molecule has 8 nitrogen and oxygen atoms in total. The lowest BCUT2D eigenvalue weighted by molar-refractivity contribution is -0.137. The molecule has 9 heteroatoms. The highest BCUT2D eigenvalue weighted by molar-refractivity contribution is 7.87. The Balaban J connectivity index is 2.23. The van der Waals surface area contributed by atoms with Crippen LogP contribution in [0.5, 0.6) is 0 Å². The minimum atomic E-state index is -4.33. The zero-order chi connectivity index (χ0) is 18.3. The smallest absolute Gasteiger partial charge is 0.321 e. The molecule has 2 rings (SSSR count). The number of nitrogens with one attached hydrogen (secondary N) is 1. The van der Waals surface area contributed by atoms with Gasteiger partial charge in [0.25, 0.3) is 0 Å². The number of likely N-dealkylation sites (N-methyl/N-ethyl adjacent to an activating group) is 1. The van der Waals surface area contributed by atoms with E-state index in [0.29, 0.717) is 6.42 Å². The van der Waals surface area contributed by atoms with Crippen LogP contribution in [0.1, 0.15) is 26.3 Å². The van der Waals surface area contributed by atoms with Crippen molar-refractivity contribution in [1.29, 1.82) is 0 Å². The second-order valence-corrected chi connectivity index (χ2v) is 7.43. The summed E-state index contributed by atoms with van der Waals surface area (Å²) in [5.41, 5.74) is 0.270. The Kier molecular flexibility index (Phi) is 4.60. The van der Waals surface area contributed by atoms with Gasteiger partial charge in [-0.25, -0.2) is 0 Å². The zero-order valence-electron chi connectivity index (χ0n) is 14.0. The third-order valence-corrected chi connectivity index (χ3v) is 4.80. The molecule has 0 aromatic heterocycles. The van der Waals surface area contributed by atoms with Gasteiger partial charge >= 0.3 is 10.3 Å². The van der Waals surface area contributed by atoms with Gasteiger partial charge in [0.15, 0.2) is 0 Å². The van der Waals surface area contributed by atoms with Gasteiger partial charge in [-0.15, -0.1) is 0 Å². The molecule has 1 saturated heterocycles. The fourth-order valence-electron chi connectivity index (χ4n) is 3.01. The van der Waals surface area contributed by atoms with Crippen molar-refractivity contribution in [3.63, 3.8) is 0 Å². The number of nitrogens with zero attached hydrogens (tertiary/aromatic N) is 2. The van der Waals surface area contributed by atoms with Gasteiger partial charge in [-0.2, -0.15) is 8.42 Å². The third kappa shape index (κ3) is 3.51. The van der Waals surface area contributed by atoms with Crippen molar-refractivity contribution in [3.05, 3.63) is 29.8 Å². The van der Waals surface area contributed by atoms with Gasteiger partial charge in [0, 0.05) is 20.4 Å². The maximum atomic E-state index is 12.5. The Morgan fingerprint density at radius 1 is 1.29 bits per heavy atom. The number of carbonyl (C=O) groups is 2. The van der Waals surface area contributed by atoms with Crippen molar-refractivity contribution in [2.45, 2.75) is 38.9 Å². The first-order chi connectivity index (χ1) is 10.9. The summed E-state index contributed by atoms with van der Waals surface area (Å²) in [7, 11) is -2.66. The van der Waals surface area contributed by atoms with Crippen molar-refractivity contribution >= 4 is 27.8 Å². The van der Waals surface area contributed by atoms with E-state index in [2.05, 4.69) is 0 Å². The molecular weight excluding hydrogens is 334 g/mol. The summed E-state index contributed by atoms with van der Waals surface area (Å²) in [6, 6.07) is 5.64. The average molecular weight is 355 g/mol. The van der Waals surface area contributed by atoms with Gasteiger partial charge in [-0.3, -0.25) is 18.9 Å². The van der Waals surface area contributed by atoms with E-state index in [-0.39, 0.29) is 17.5 Å². The molecule has 132 valence electrons. The molecule has 2 N–H and O–H groups in total. The van der Waals surface area contributed by atoms with E-state index >= 15 is 0 Å². The molecule has 2 amide bonds. The van der Waals surface area contributed by atoms with Crippen molar-refractivity contribution in [3.8, 4) is 0 Å². The van der Waals surface area contributed by atoms with Crippen molar-refractivity contribution in [1.82, 2.24) is 9.80 Å². The Labute approximate surface area is 141 Å². The molecule has 1 aromatic rings. The van der Waals surface area contributed by atoms with Crippen molar-refractivity contribution in [2.75, 3.05) is 11.8 Å². The highest BCUT2D eigenvalue weighted by atomic mass is 32.2. The van der Waals surface area contributed by atoms with E-state index in [1.807, 2.05) is 18.6 Å². The van der Waals surface area contributed by atoms with Crippen LogP contribution in [0.25, 0.3) is 0 Å². The van der Waals surface area contributed by atoms with Gasteiger partial charge in [0.1, 0.15) is 11.7 Å². The minimum absolute atomic E-state index is 0.143.